The third kappa shape index (κ3) is 5.94. The first-order valence-corrected chi connectivity index (χ1v) is 7.43. The molecule has 0 saturated heterocycles. The number of carbonyl (C=O) groups is 3. The van der Waals surface area contributed by atoms with Crippen LogP contribution in [0.5, 0.6) is 0 Å². The monoisotopic (exact) mass is 342 g/mol. The number of nitrogens with zero attached hydrogens (tertiary/aromatic N) is 1. The molecule has 0 aliphatic carbocycles. The van der Waals surface area contributed by atoms with Gasteiger partial charge in [0.05, 0.1) is 0 Å². The van der Waals surface area contributed by atoms with Gasteiger partial charge in [-0.3, -0.25) is 9.59 Å². The Balaban J connectivity index is 2.74. The van der Waals surface area contributed by atoms with Crippen LogP contribution >= 0.6 is 0 Å². The quantitative estimate of drug-likeness (QED) is 0.746. The third-order valence-corrected chi connectivity index (χ3v) is 3.49. The highest BCUT2D eigenvalue weighted by atomic mass is 19.1. The SMILES string of the molecule is CC(=O)NCCN(C(=O)CCc1cc(F)ccc1F)C(C)C(=O)O. The molecule has 1 atom stereocenters. The van der Waals surface area contributed by atoms with Gasteiger partial charge in [-0.2, -0.15) is 0 Å². The number of rotatable bonds is 8. The second-order valence-corrected chi connectivity index (χ2v) is 5.32. The van der Waals surface area contributed by atoms with E-state index in [1.165, 1.54) is 13.8 Å². The number of halogens is 2. The summed E-state index contributed by atoms with van der Waals surface area (Å²) in [7, 11) is 0. The van der Waals surface area contributed by atoms with Crippen LogP contribution in [0, 0.1) is 11.6 Å². The van der Waals surface area contributed by atoms with Crippen molar-refractivity contribution in [3.05, 3.63) is 35.4 Å². The molecule has 8 heteroatoms. The maximum absolute atomic E-state index is 13.6. The minimum absolute atomic E-state index is 0.0114. The van der Waals surface area contributed by atoms with Gasteiger partial charge in [0.1, 0.15) is 17.7 Å². The van der Waals surface area contributed by atoms with Crippen molar-refractivity contribution in [2.75, 3.05) is 13.1 Å². The normalized spacial score (nSPS) is 11.7. The van der Waals surface area contributed by atoms with Crippen LogP contribution in [0.3, 0.4) is 0 Å². The molecular formula is C16H20F2N2O4. The molecule has 0 fully saturated rings. The maximum atomic E-state index is 13.6. The van der Waals surface area contributed by atoms with Crippen LogP contribution < -0.4 is 5.32 Å². The minimum atomic E-state index is -1.19. The molecule has 0 bridgehead atoms. The molecule has 0 aromatic heterocycles. The van der Waals surface area contributed by atoms with E-state index in [1.54, 1.807) is 0 Å². The van der Waals surface area contributed by atoms with Crippen molar-refractivity contribution in [2.24, 2.45) is 0 Å². The fraction of sp³-hybridized carbons (Fsp3) is 0.438. The molecule has 1 unspecified atom stereocenters. The first-order valence-electron chi connectivity index (χ1n) is 7.43. The molecule has 0 spiro atoms. The number of amides is 2. The van der Waals surface area contributed by atoms with Crippen LogP contribution in [0.25, 0.3) is 0 Å². The standard InChI is InChI=1S/C16H20F2N2O4/c1-10(16(23)24)20(8-7-19-11(2)21)15(22)6-3-12-9-13(17)4-5-14(12)18/h4-5,9-10H,3,6-8H2,1-2H3,(H,19,21)(H,23,24). The van der Waals surface area contributed by atoms with E-state index >= 15 is 0 Å². The molecule has 24 heavy (non-hydrogen) atoms. The number of nitrogens with one attached hydrogen (secondary N) is 1. The Morgan fingerprint density at radius 3 is 2.54 bits per heavy atom. The lowest BCUT2D eigenvalue weighted by atomic mass is 10.1. The number of carbonyl (C=O) groups excluding carboxylic acids is 2. The molecule has 0 aliphatic heterocycles. The average molecular weight is 342 g/mol. The van der Waals surface area contributed by atoms with Crippen LogP contribution in [0.4, 0.5) is 8.78 Å². The topological polar surface area (TPSA) is 86.7 Å². The molecule has 0 radical (unpaired) electrons. The van der Waals surface area contributed by atoms with Gasteiger partial charge in [0, 0.05) is 26.4 Å². The second-order valence-electron chi connectivity index (χ2n) is 5.32. The molecule has 0 heterocycles. The summed E-state index contributed by atoms with van der Waals surface area (Å²) < 4.78 is 26.7. The zero-order chi connectivity index (χ0) is 18.3. The second kappa shape index (κ2) is 8.95. The molecule has 2 N–H and O–H groups in total. The Hall–Kier alpha value is -2.51. The molecule has 2 amide bonds. The van der Waals surface area contributed by atoms with Crippen molar-refractivity contribution < 1.29 is 28.3 Å². The number of aryl methyl sites for hydroxylation is 1. The van der Waals surface area contributed by atoms with Crippen LogP contribution in [0.2, 0.25) is 0 Å². The summed E-state index contributed by atoms with van der Waals surface area (Å²) in [6.45, 7) is 2.76. The van der Waals surface area contributed by atoms with Gasteiger partial charge in [0.25, 0.3) is 0 Å². The van der Waals surface area contributed by atoms with Crippen LogP contribution in [-0.2, 0) is 20.8 Å². The summed E-state index contributed by atoms with van der Waals surface area (Å²) in [5.41, 5.74) is 0.0492. The van der Waals surface area contributed by atoms with Gasteiger partial charge >= 0.3 is 5.97 Å². The molecule has 1 aromatic carbocycles. The van der Waals surface area contributed by atoms with Crippen molar-refractivity contribution in [1.29, 1.82) is 0 Å². The minimum Gasteiger partial charge on any atom is -0.480 e. The highest BCUT2D eigenvalue weighted by molar-refractivity contribution is 5.83. The summed E-state index contributed by atoms with van der Waals surface area (Å²) in [6, 6.07) is 1.87. The van der Waals surface area contributed by atoms with Crippen molar-refractivity contribution >= 4 is 17.8 Å². The summed E-state index contributed by atoms with van der Waals surface area (Å²) in [5, 5.41) is 11.6. The van der Waals surface area contributed by atoms with E-state index in [4.69, 9.17) is 5.11 Å². The van der Waals surface area contributed by atoms with Gasteiger partial charge in [-0.05, 0) is 37.1 Å². The van der Waals surface area contributed by atoms with Gasteiger partial charge in [-0.15, -0.1) is 0 Å². The van der Waals surface area contributed by atoms with Gasteiger partial charge in [-0.1, -0.05) is 0 Å². The predicted molar refractivity (Wildman–Crippen MR) is 82.2 cm³/mol. The van der Waals surface area contributed by atoms with Crippen molar-refractivity contribution in [3.8, 4) is 0 Å². The Morgan fingerprint density at radius 1 is 1.29 bits per heavy atom. The number of benzene rings is 1. The Bertz CT molecular complexity index is 622. The van der Waals surface area contributed by atoms with E-state index in [2.05, 4.69) is 5.32 Å². The molecule has 1 aromatic rings. The Morgan fingerprint density at radius 2 is 1.96 bits per heavy atom. The molecular weight excluding hydrogens is 322 g/mol. The van der Waals surface area contributed by atoms with Crippen LogP contribution in [-0.4, -0.2) is 46.9 Å². The molecule has 132 valence electrons. The lowest BCUT2D eigenvalue weighted by Gasteiger charge is -2.26. The molecule has 0 aliphatic rings. The van der Waals surface area contributed by atoms with Crippen LogP contribution in [0.1, 0.15) is 25.8 Å². The number of hydrogen-bond donors (Lipinski definition) is 2. The zero-order valence-electron chi connectivity index (χ0n) is 13.5. The van der Waals surface area contributed by atoms with Crippen molar-refractivity contribution in [1.82, 2.24) is 10.2 Å². The fourth-order valence-corrected chi connectivity index (χ4v) is 2.14. The Labute approximate surface area is 138 Å². The lowest BCUT2D eigenvalue weighted by Crippen LogP contribution is -2.46. The zero-order valence-corrected chi connectivity index (χ0v) is 13.5. The van der Waals surface area contributed by atoms with Crippen molar-refractivity contribution in [3.63, 3.8) is 0 Å². The van der Waals surface area contributed by atoms with E-state index in [-0.39, 0.29) is 37.4 Å². The maximum Gasteiger partial charge on any atom is 0.326 e. The number of carboxylic acids is 1. The van der Waals surface area contributed by atoms with E-state index in [0.717, 1.165) is 23.1 Å². The van der Waals surface area contributed by atoms with Crippen LogP contribution in [0.15, 0.2) is 18.2 Å². The van der Waals surface area contributed by atoms with E-state index in [0.29, 0.717) is 0 Å². The van der Waals surface area contributed by atoms with Gasteiger partial charge in [0.15, 0.2) is 0 Å². The fourth-order valence-electron chi connectivity index (χ4n) is 2.14. The van der Waals surface area contributed by atoms with Gasteiger partial charge in [0.2, 0.25) is 11.8 Å². The predicted octanol–water partition coefficient (Wildman–Crippen LogP) is 1.34. The largest absolute Gasteiger partial charge is 0.480 e. The van der Waals surface area contributed by atoms with Gasteiger partial charge in [-0.25, -0.2) is 13.6 Å². The first kappa shape index (κ1) is 19.5. The Kier molecular flexibility index (Phi) is 7.29. The summed E-state index contributed by atoms with van der Waals surface area (Å²) in [4.78, 5) is 35.4. The van der Waals surface area contributed by atoms with E-state index < -0.39 is 29.6 Å². The van der Waals surface area contributed by atoms with Crippen molar-refractivity contribution in [2.45, 2.75) is 32.7 Å². The lowest BCUT2D eigenvalue weighted by molar-refractivity contribution is -0.149. The summed E-state index contributed by atoms with van der Waals surface area (Å²) >= 11 is 0. The summed E-state index contributed by atoms with van der Waals surface area (Å²) in [5.74, 6) is -3.24. The number of carboxylic acid groups (broad SMARTS) is 1. The highest BCUT2D eigenvalue weighted by Gasteiger charge is 2.25. The molecule has 6 nitrogen and oxygen atoms in total. The smallest absolute Gasteiger partial charge is 0.326 e. The van der Waals surface area contributed by atoms with Gasteiger partial charge < -0.3 is 15.3 Å². The first-order chi connectivity index (χ1) is 11.2. The van der Waals surface area contributed by atoms with E-state index in [9.17, 15) is 23.2 Å². The number of aliphatic carboxylic acids is 1. The van der Waals surface area contributed by atoms with E-state index in [1.807, 2.05) is 0 Å². The highest BCUT2D eigenvalue weighted by Crippen LogP contribution is 2.13. The third-order valence-electron chi connectivity index (χ3n) is 3.49. The average Bonchev–Trinajstić information content (AvgIpc) is 2.51. The molecule has 1 rings (SSSR count). The summed E-state index contributed by atoms with van der Waals surface area (Å²) in [6.07, 6.45) is -0.219. The molecule has 0 saturated carbocycles. The number of hydrogen-bond acceptors (Lipinski definition) is 3.